The Balaban J connectivity index is 1.54. The zero-order valence-electron chi connectivity index (χ0n) is 18.3. The highest BCUT2D eigenvalue weighted by molar-refractivity contribution is 7.89. The molecule has 0 saturated carbocycles. The number of amides is 1. The fourth-order valence-electron chi connectivity index (χ4n) is 4.37. The molecule has 2 aliphatic heterocycles. The van der Waals surface area contributed by atoms with Gasteiger partial charge in [0, 0.05) is 48.9 Å². The average molecular weight is 496 g/mol. The first kappa shape index (κ1) is 24.1. The van der Waals surface area contributed by atoms with Gasteiger partial charge < -0.3 is 9.64 Å². The third kappa shape index (κ3) is 5.38. The SMILES string of the molecule is C[C@H]1CN([C@@H](CNS(=O)(=O)c2ccc(N3CCCC3=O)cc2)c2c(F)cccc2Cl)CCO1. The number of sulfonamides is 1. The van der Waals surface area contributed by atoms with E-state index in [0.717, 1.165) is 6.42 Å². The molecule has 0 radical (unpaired) electrons. The Hall–Kier alpha value is -2.04. The van der Waals surface area contributed by atoms with Gasteiger partial charge in [-0.05, 0) is 49.7 Å². The van der Waals surface area contributed by atoms with Crippen LogP contribution in [0.4, 0.5) is 10.1 Å². The van der Waals surface area contributed by atoms with Gasteiger partial charge in [-0.15, -0.1) is 0 Å². The quantitative estimate of drug-likeness (QED) is 0.637. The van der Waals surface area contributed by atoms with Crippen LogP contribution in [0, 0.1) is 5.82 Å². The first-order valence-corrected chi connectivity index (χ1v) is 12.8. The molecule has 7 nitrogen and oxygen atoms in total. The smallest absolute Gasteiger partial charge is 0.240 e. The molecule has 178 valence electrons. The van der Waals surface area contributed by atoms with E-state index in [1.807, 2.05) is 11.8 Å². The van der Waals surface area contributed by atoms with Crippen molar-refractivity contribution >= 4 is 33.2 Å². The molecule has 1 amide bonds. The third-order valence-electron chi connectivity index (χ3n) is 6.05. The number of rotatable bonds is 7. The Morgan fingerprint density at radius 1 is 1.21 bits per heavy atom. The zero-order chi connectivity index (χ0) is 23.6. The number of hydrogen-bond acceptors (Lipinski definition) is 5. The molecule has 2 aromatic rings. The Labute approximate surface area is 198 Å². The standard InChI is InChI=1S/C23H27ClFN3O4S/c1-16-15-27(12-13-32-16)21(23-19(24)4-2-5-20(23)25)14-26-33(30,31)18-9-7-17(8-10-18)28-11-3-6-22(28)29/h2,4-5,7-10,16,21,26H,3,6,11-15H2,1H3/t16-,21-/m0/s1. The normalized spacial score (nSPS) is 20.9. The number of nitrogens with zero attached hydrogens (tertiary/aromatic N) is 2. The number of morpholine rings is 1. The molecular weight excluding hydrogens is 469 g/mol. The lowest BCUT2D eigenvalue weighted by molar-refractivity contribution is -0.117. The lowest BCUT2D eigenvalue weighted by Gasteiger charge is -2.38. The van der Waals surface area contributed by atoms with E-state index in [4.69, 9.17) is 16.3 Å². The van der Waals surface area contributed by atoms with E-state index in [1.165, 1.54) is 24.3 Å². The molecule has 2 aromatic carbocycles. The molecule has 0 aromatic heterocycles. The van der Waals surface area contributed by atoms with E-state index in [2.05, 4.69) is 4.72 Å². The molecule has 2 atom stereocenters. The van der Waals surface area contributed by atoms with Gasteiger partial charge in [0.05, 0.1) is 23.6 Å². The number of benzene rings is 2. The Morgan fingerprint density at radius 3 is 2.61 bits per heavy atom. The summed E-state index contributed by atoms with van der Waals surface area (Å²) >= 11 is 6.33. The van der Waals surface area contributed by atoms with Crippen LogP contribution in [0.15, 0.2) is 47.4 Å². The highest BCUT2D eigenvalue weighted by Crippen LogP contribution is 2.31. The molecule has 0 aliphatic carbocycles. The summed E-state index contributed by atoms with van der Waals surface area (Å²) in [5.74, 6) is -0.446. The summed E-state index contributed by atoms with van der Waals surface area (Å²) in [5.41, 5.74) is 0.939. The van der Waals surface area contributed by atoms with Crippen LogP contribution >= 0.6 is 11.6 Å². The second-order valence-electron chi connectivity index (χ2n) is 8.32. The number of carbonyl (C=O) groups is 1. The molecule has 2 fully saturated rings. The summed E-state index contributed by atoms with van der Waals surface area (Å²) in [5, 5.41) is 0.248. The van der Waals surface area contributed by atoms with Crippen molar-refractivity contribution in [3.63, 3.8) is 0 Å². The molecule has 2 saturated heterocycles. The molecule has 10 heteroatoms. The monoisotopic (exact) mass is 495 g/mol. The number of carbonyl (C=O) groups excluding carboxylic acids is 1. The molecule has 1 N–H and O–H groups in total. The molecule has 0 spiro atoms. The van der Waals surface area contributed by atoms with Gasteiger partial charge in [0.15, 0.2) is 0 Å². The summed E-state index contributed by atoms with van der Waals surface area (Å²) < 4.78 is 49.0. The second kappa shape index (κ2) is 10.1. The van der Waals surface area contributed by atoms with E-state index in [-0.39, 0.29) is 34.0 Å². The first-order valence-electron chi connectivity index (χ1n) is 11.0. The maximum absolute atomic E-state index is 14.8. The largest absolute Gasteiger partial charge is 0.376 e. The number of anilines is 1. The van der Waals surface area contributed by atoms with Crippen LogP contribution in [-0.4, -0.2) is 58.1 Å². The first-order chi connectivity index (χ1) is 15.8. The topological polar surface area (TPSA) is 79.0 Å². The van der Waals surface area contributed by atoms with E-state index in [0.29, 0.717) is 38.3 Å². The van der Waals surface area contributed by atoms with E-state index in [1.54, 1.807) is 23.1 Å². The lowest BCUT2D eigenvalue weighted by Crippen LogP contribution is -2.46. The van der Waals surface area contributed by atoms with Crippen LogP contribution in [0.2, 0.25) is 5.02 Å². The van der Waals surface area contributed by atoms with Gasteiger partial charge in [0.1, 0.15) is 5.82 Å². The minimum atomic E-state index is -3.87. The van der Waals surface area contributed by atoms with Gasteiger partial charge in [0.2, 0.25) is 15.9 Å². The fraction of sp³-hybridized carbons (Fsp3) is 0.435. The highest BCUT2D eigenvalue weighted by Gasteiger charge is 2.31. The van der Waals surface area contributed by atoms with Gasteiger partial charge in [-0.1, -0.05) is 17.7 Å². The van der Waals surface area contributed by atoms with Crippen molar-refractivity contribution in [1.82, 2.24) is 9.62 Å². The van der Waals surface area contributed by atoms with Crippen molar-refractivity contribution in [1.29, 1.82) is 0 Å². The van der Waals surface area contributed by atoms with Crippen molar-refractivity contribution in [2.24, 2.45) is 0 Å². The Kier molecular flexibility index (Phi) is 7.35. The predicted octanol–water partition coefficient (Wildman–Crippen LogP) is 3.35. The summed E-state index contributed by atoms with van der Waals surface area (Å²) in [6.45, 7) is 4.01. The number of hydrogen-bond donors (Lipinski definition) is 1. The van der Waals surface area contributed by atoms with E-state index in [9.17, 15) is 17.6 Å². The maximum atomic E-state index is 14.8. The summed E-state index contributed by atoms with van der Waals surface area (Å²) in [6, 6.07) is 10.1. The summed E-state index contributed by atoms with van der Waals surface area (Å²) in [7, 11) is -3.87. The minimum Gasteiger partial charge on any atom is -0.376 e. The van der Waals surface area contributed by atoms with Crippen LogP contribution < -0.4 is 9.62 Å². The van der Waals surface area contributed by atoms with Gasteiger partial charge in [-0.2, -0.15) is 0 Å². The van der Waals surface area contributed by atoms with Crippen molar-refractivity contribution in [3.8, 4) is 0 Å². The number of nitrogens with one attached hydrogen (secondary N) is 1. The Morgan fingerprint density at radius 2 is 1.97 bits per heavy atom. The minimum absolute atomic E-state index is 0.0353. The zero-order valence-corrected chi connectivity index (χ0v) is 19.9. The molecule has 0 unspecified atom stereocenters. The number of ether oxygens (including phenoxy) is 1. The van der Waals surface area contributed by atoms with Gasteiger partial charge >= 0.3 is 0 Å². The van der Waals surface area contributed by atoms with Crippen LogP contribution in [0.5, 0.6) is 0 Å². The van der Waals surface area contributed by atoms with Crippen LogP contribution in [0.3, 0.4) is 0 Å². The summed E-state index contributed by atoms with van der Waals surface area (Å²) in [6.07, 6.45) is 1.23. The number of halogens is 2. The van der Waals surface area contributed by atoms with E-state index < -0.39 is 21.9 Å². The lowest BCUT2D eigenvalue weighted by atomic mass is 10.0. The van der Waals surface area contributed by atoms with Crippen molar-refractivity contribution in [3.05, 3.63) is 58.9 Å². The Bertz CT molecular complexity index is 1090. The predicted molar refractivity (Wildman–Crippen MR) is 124 cm³/mol. The maximum Gasteiger partial charge on any atom is 0.240 e. The van der Waals surface area contributed by atoms with E-state index >= 15 is 0 Å². The van der Waals surface area contributed by atoms with Crippen LogP contribution in [-0.2, 0) is 19.6 Å². The molecule has 0 bridgehead atoms. The fourth-order valence-corrected chi connectivity index (χ4v) is 5.70. The molecular formula is C23H27ClFN3O4S. The van der Waals surface area contributed by atoms with Crippen molar-refractivity contribution in [2.75, 3.05) is 37.7 Å². The van der Waals surface area contributed by atoms with Crippen LogP contribution in [0.25, 0.3) is 0 Å². The van der Waals surface area contributed by atoms with Gasteiger partial charge in [-0.25, -0.2) is 17.5 Å². The average Bonchev–Trinajstić information content (AvgIpc) is 3.21. The van der Waals surface area contributed by atoms with Gasteiger partial charge in [0.25, 0.3) is 0 Å². The molecule has 2 heterocycles. The summed E-state index contributed by atoms with van der Waals surface area (Å²) in [4.78, 5) is 15.7. The molecule has 33 heavy (non-hydrogen) atoms. The molecule has 4 rings (SSSR count). The van der Waals surface area contributed by atoms with Crippen molar-refractivity contribution < 1.29 is 22.3 Å². The van der Waals surface area contributed by atoms with Gasteiger partial charge in [-0.3, -0.25) is 9.69 Å². The second-order valence-corrected chi connectivity index (χ2v) is 10.5. The van der Waals surface area contributed by atoms with Crippen LogP contribution in [0.1, 0.15) is 31.4 Å². The van der Waals surface area contributed by atoms with Crippen molar-refractivity contribution in [2.45, 2.75) is 36.8 Å². The molecule has 2 aliphatic rings. The highest BCUT2D eigenvalue weighted by atomic mass is 35.5. The third-order valence-corrected chi connectivity index (χ3v) is 7.81.